The van der Waals surface area contributed by atoms with Crippen LogP contribution in [0.1, 0.15) is 25.0 Å². The van der Waals surface area contributed by atoms with Crippen LogP contribution in [0.25, 0.3) is 15.3 Å². The second-order valence-electron chi connectivity index (χ2n) is 5.14. The molecule has 1 nitrogen and oxygen atoms in total. The molecule has 0 atom stereocenters. The molecular formula is C15H13BrO. The van der Waals surface area contributed by atoms with Gasteiger partial charge in [0, 0.05) is 9.90 Å². The Morgan fingerprint density at radius 1 is 1.06 bits per heavy atom. The monoisotopic (exact) mass is 288 g/mol. The van der Waals surface area contributed by atoms with Crippen molar-refractivity contribution in [2.45, 2.75) is 19.3 Å². The molecule has 0 aliphatic heterocycles. The van der Waals surface area contributed by atoms with Crippen molar-refractivity contribution in [1.29, 1.82) is 0 Å². The fraction of sp³-hybridized carbons (Fsp3) is 0.200. The molecule has 1 N–H and O–H groups in total. The number of phenolic OH excluding ortho intramolecular Hbond substituents is 1. The third kappa shape index (κ3) is 1.59. The Hall–Kier alpha value is -1.28. The molecule has 86 valence electrons. The Morgan fingerprint density at radius 3 is 2.59 bits per heavy atom. The van der Waals surface area contributed by atoms with Crippen LogP contribution in [-0.2, 0) is 5.41 Å². The highest BCUT2D eigenvalue weighted by Crippen LogP contribution is 2.44. The van der Waals surface area contributed by atoms with Crippen LogP contribution in [-0.4, -0.2) is 5.11 Å². The van der Waals surface area contributed by atoms with Crippen molar-refractivity contribution >= 4 is 31.2 Å². The molecule has 0 aromatic heterocycles. The molecule has 2 heteroatoms. The number of halogens is 1. The fourth-order valence-corrected chi connectivity index (χ4v) is 3.39. The first-order chi connectivity index (χ1) is 7.97. The maximum Gasteiger partial charge on any atom is 0.116 e. The predicted molar refractivity (Wildman–Crippen MR) is 75.5 cm³/mol. The van der Waals surface area contributed by atoms with Gasteiger partial charge in [0.15, 0.2) is 0 Å². The van der Waals surface area contributed by atoms with Gasteiger partial charge in [-0.25, -0.2) is 0 Å². The van der Waals surface area contributed by atoms with Crippen LogP contribution in [0.15, 0.2) is 36.4 Å². The summed E-state index contributed by atoms with van der Waals surface area (Å²) in [6.45, 7) is 4.41. The molecule has 1 aliphatic carbocycles. The first-order valence-corrected chi connectivity index (χ1v) is 6.43. The van der Waals surface area contributed by atoms with E-state index in [1.807, 2.05) is 12.1 Å². The van der Waals surface area contributed by atoms with E-state index in [0.717, 1.165) is 15.3 Å². The largest absolute Gasteiger partial charge is 0.508 e. The molecule has 0 bridgehead atoms. The van der Waals surface area contributed by atoms with E-state index in [1.165, 1.54) is 11.1 Å². The number of phenols is 1. The lowest BCUT2D eigenvalue weighted by Gasteiger charge is -2.18. The highest BCUT2D eigenvalue weighted by molar-refractivity contribution is 9.15. The summed E-state index contributed by atoms with van der Waals surface area (Å²) in [7, 11) is 0. The molecule has 0 fully saturated rings. The molecule has 0 heterocycles. The molecule has 0 spiro atoms. The van der Waals surface area contributed by atoms with Crippen molar-refractivity contribution in [3.8, 4) is 5.75 Å². The second-order valence-corrected chi connectivity index (χ2v) is 6.00. The molecule has 0 radical (unpaired) electrons. The third-order valence-electron chi connectivity index (χ3n) is 3.40. The van der Waals surface area contributed by atoms with Crippen LogP contribution < -0.4 is 0 Å². The first-order valence-electron chi connectivity index (χ1n) is 5.63. The molecule has 1 aliphatic rings. The lowest BCUT2D eigenvalue weighted by molar-refractivity contribution is 0.476. The van der Waals surface area contributed by atoms with Gasteiger partial charge >= 0.3 is 0 Å². The average molecular weight is 289 g/mol. The van der Waals surface area contributed by atoms with E-state index in [0.29, 0.717) is 5.75 Å². The molecule has 3 rings (SSSR count). The minimum absolute atomic E-state index is 0.0494. The molecule has 0 unspecified atom stereocenters. The predicted octanol–water partition coefficient (Wildman–Crippen LogP) is 4.57. The van der Waals surface area contributed by atoms with Gasteiger partial charge in [-0.3, -0.25) is 0 Å². The highest BCUT2D eigenvalue weighted by atomic mass is 79.9. The summed E-state index contributed by atoms with van der Waals surface area (Å²) >= 11 is 3.62. The van der Waals surface area contributed by atoms with Crippen molar-refractivity contribution in [2.24, 2.45) is 0 Å². The molecule has 2 aromatic rings. The minimum Gasteiger partial charge on any atom is -0.508 e. The Labute approximate surface area is 109 Å². The molecule has 17 heavy (non-hydrogen) atoms. The molecule has 0 saturated carbocycles. The van der Waals surface area contributed by atoms with Gasteiger partial charge in [-0.1, -0.05) is 41.9 Å². The number of hydrogen-bond donors (Lipinski definition) is 1. The quantitative estimate of drug-likeness (QED) is 0.753. The summed E-state index contributed by atoms with van der Waals surface area (Å²) in [6, 6.07) is 9.86. The molecular weight excluding hydrogens is 276 g/mol. The maximum absolute atomic E-state index is 9.54. The topological polar surface area (TPSA) is 20.2 Å². The number of benzene rings is 2. The summed E-state index contributed by atoms with van der Waals surface area (Å²) in [5, 5.41) is 11.8. The summed E-state index contributed by atoms with van der Waals surface area (Å²) in [5.74, 6) is 0.320. The normalized spacial score (nSPS) is 17.0. The smallest absolute Gasteiger partial charge is 0.116 e. The zero-order valence-corrected chi connectivity index (χ0v) is 11.4. The zero-order valence-electron chi connectivity index (χ0n) is 9.79. The number of rotatable bonds is 0. The maximum atomic E-state index is 9.54. The van der Waals surface area contributed by atoms with Crippen LogP contribution in [0, 0.1) is 0 Å². The summed E-state index contributed by atoms with van der Waals surface area (Å²) in [5.41, 5.74) is 2.61. The highest BCUT2D eigenvalue weighted by Gasteiger charge is 2.29. The zero-order chi connectivity index (χ0) is 12.2. The van der Waals surface area contributed by atoms with Gasteiger partial charge in [0.1, 0.15) is 5.75 Å². The van der Waals surface area contributed by atoms with Crippen LogP contribution >= 0.6 is 15.9 Å². The van der Waals surface area contributed by atoms with Gasteiger partial charge in [0.05, 0.1) is 0 Å². The van der Waals surface area contributed by atoms with Gasteiger partial charge in [0.2, 0.25) is 0 Å². The van der Waals surface area contributed by atoms with Gasteiger partial charge in [-0.05, 0) is 46.2 Å². The molecule has 0 saturated heterocycles. The van der Waals surface area contributed by atoms with Crippen LogP contribution in [0.3, 0.4) is 0 Å². The van der Waals surface area contributed by atoms with E-state index in [4.69, 9.17) is 0 Å². The SMILES string of the molecule is CC1(C)C=C(Br)c2cc3ccc(O)cc3cc21. The van der Waals surface area contributed by atoms with E-state index < -0.39 is 0 Å². The average Bonchev–Trinajstić information content (AvgIpc) is 2.47. The van der Waals surface area contributed by atoms with Crippen LogP contribution in [0.5, 0.6) is 5.75 Å². The van der Waals surface area contributed by atoms with Gasteiger partial charge in [-0.2, -0.15) is 0 Å². The second kappa shape index (κ2) is 3.36. The lowest BCUT2D eigenvalue weighted by Crippen LogP contribution is -2.10. The summed E-state index contributed by atoms with van der Waals surface area (Å²) < 4.78 is 1.16. The molecule has 0 amide bonds. The lowest BCUT2D eigenvalue weighted by atomic mass is 9.86. The Balaban J connectivity index is 2.36. The summed E-state index contributed by atoms with van der Waals surface area (Å²) in [6.07, 6.45) is 2.23. The van der Waals surface area contributed by atoms with E-state index >= 15 is 0 Å². The van der Waals surface area contributed by atoms with Crippen molar-refractivity contribution in [3.05, 3.63) is 47.5 Å². The number of allylic oxidation sites excluding steroid dienone is 1. The van der Waals surface area contributed by atoms with Gasteiger partial charge < -0.3 is 5.11 Å². The van der Waals surface area contributed by atoms with Gasteiger partial charge in [-0.15, -0.1) is 0 Å². The Morgan fingerprint density at radius 2 is 1.82 bits per heavy atom. The molecule has 2 aromatic carbocycles. The van der Waals surface area contributed by atoms with Crippen molar-refractivity contribution in [2.75, 3.05) is 0 Å². The van der Waals surface area contributed by atoms with Gasteiger partial charge in [0.25, 0.3) is 0 Å². The number of aromatic hydroxyl groups is 1. The third-order valence-corrected chi connectivity index (χ3v) is 4.06. The summed E-state index contributed by atoms with van der Waals surface area (Å²) in [4.78, 5) is 0. The van der Waals surface area contributed by atoms with Crippen molar-refractivity contribution < 1.29 is 5.11 Å². The van der Waals surface area contributed by atoms with E-state index in [2.05, 4.69) is 48.0 Å². The number of hydrogen-bond acceptors (Lipinski definition) is 1. The minimum atomic E-state index is 0.0494. The van der Waals surface area contributed by atoms with E-state index in [9.17, 15) is 5.11 Å². The first kappa shape index (κ1) is 10.8. The Bertz CT molecular complexity index is 653. The van der Waals surface area contributed by atoms with Crippen molar-refractivity contribution in [1.82, 2.24) is 0 Å². The van der Waals surface area contributed by atoms with Crippen LogP contribution in [0.2, 0.25) is 0 Å². The van der Waals surface area contributed by atoms with Crippen LogP contribution in [0.4, 0.5) is 0 Å². The fourth-order valence-electron chi connectivity index (χ4n) is 2.49. The standard InChI is InChI=1S/C15H13BrO/c1-15(2)8-14(16)12-6-9-3-4-11(17)5-10(9)7-13(12)15/h3-8,17H,1-2H3. The number of fused-ring (bicyclic) bond motifs is 2. The Kier molecular flexibility index (Phi) is 2.14. The van der Waals surface area contributed by atoms with Crippen molar-refractivity contribution in [3.63, 3.8) is 0 Å². The van der Waals surface area contributed by atoms with E-state index in [1.54, 1.807) is 6.07 Å². The van der Waals surface area contributed by atoms with E-state index in [-0.39, 0.29) is 5.41 Å².